The number of rotatable bonds is 13. The van der Waals surface area contributed by atoms with Gasteiger partial charge in [0.1, 0.15) is 11.3 Å². The third kappa shape index (κ3) is 13.4. The van der Waals surface area contributed by atoms with Gasteiger partial charge in [0.25, 0.3) is 0 Å². The molecule has 0 atom stereocenters. The van der Waals surface area contributed by atoms with Crippen LogP contribution in [0.1, 0.15) is 29.7 Å². The zero-order chi connectivity index (χ0) is 38.4. The van der Waals surface area contributed by atoms with Crippen molar-refractivity contribution < 1.29 is 26.4 Å². The highest BCUT2D eigenvalue weighted by atomic mass is 35.5. The number of allylic oxidation sites excluding steroid dienone is 1. The summed E-state index contributed by atoms with van der Waals surface area (Å²) in [7, 11) is -6.93. The molecule has 4 aromatic heterocycles. The highest BCUT2D eigenvalue weighted by Gasteiger charge is 2.14. The third-order valence-corrected chi connectivity index (χ3v) is 10.1. The van der Waals surface area contributed by atoms with E-state index in [2.05, 4.69) is 47.9 Å². The monoisotopic (exact) mass is 792 g/mol. The molecule has 0 aliphatic carbocycles. The molecule has 0 radical (unpaired) electrons. The average molecular weight is 793 g/mol. The number of amides is 1. The Kier molecular flexibility index (Phi) is 15.8. The fourth-order valence-electron chi connectivity index (χ4n) is 4.75. The maximum atomic E-state index is 12.3. The summed E-state index contributed by atoms with van der Waals surface area (Å²) in [6, 6.07) is 20.8. The van der Waals surface area contributed by atoms with E-state index in [-0.39, 0.29) is 37.9 Å². The number of sulfonamides is 2. The first-order valence-electron chi connectivity index (χ1n) is 15.7. The fraction of sp³-hybridized carbons (Fsp3) is 0.135. The lowest BCUT2D eigenvalue weighted by Gasteiger charge is -2.09. The summed E-state index contributed by atoms with van der Waals surface area (Å²) in [5.41, 5.74) is 11.3. The SMILES string of the molecule is C.C=CC(=O)Cl.C=CC(=O)Nc1ccc(CS(=O)(=O)NCc2ccnc3[nH]ccc23)cc1.Nc1ccc(CS(=O)(=O)NCc2ccnc3[nH]ccc23)cc1. The quantitative estimate of drug-likeness (QED) is 0.0483. The number of nitrogen functional groups attached to an aromatic ring is 1. The number of anilines is 2. The number of carbonyl (C=O) groups excluding carboxylic acids is 2. The fourth-order valence-corrected chi connectivity index (χ4v) is 6.97. The minimum Gasteiger partial charge on any atom is -0.399 e. The third-order valence-electron chi connectivity index (χ3n) is 7.33. The zero-order valence-corrected chi connectivity index (χ0v) is 30.6. The summed E-state index contributed by atoms with van der Waals surface area (Å²) >= 11 is 4.71. The van der Waals surface area contributed by atoms with Crippen LogP contribution in [0.4, 0.5) is 11.4 Å². The number of aromatic nitrogens is 4. The number of nitrogens with one attached hydrogen (secondary N) is 5. The topological polar surface area (TPSA) is 222 Å². The van der Waals surface area contributed by atoms with Gasteiger partial charge in [-0.3, -0.25) is 9.59 Å². The van der Waals surface area contributed by atoms with Gasteiger partial charge in [0.2, 0.25) is 31.2 Å². The Morgan fingerprint density at radius 1 is 0.704 bits per heavy atom. The Bertz CT molecular complexity index is 2410. The van der Waals surface area contributed by atoms with Crippen molar-refractivity contribution in [3.05, 3.63) is 145 Å². The molecule has 2 aromatic carbocycles. The van der Waals surface area contributed by atoms with Gasteiger partial charge < -0.3 is 21.0 Å². The molecule has 1 amide bonds. The molecule has 0 aliphatic rings. The second-order valence-electron chi connectivity index (χ2n) is 11.2. The summed E-state index contributed by atoms with van der Waals surface area (Å²) in [5, 5.41) is 3.90. The predicted octanol–water partition coefficient (Wildman–Crippen LogP) is 5.65. The van der Waals surface area contributed by atoms with E-state index in [4.69, 9.17) is 17.3 Å². The van der Waals surface area contributed by atoms with E-state index in [9.17, 15) is 26.4 Å². The van der Waals surface area contributed by atoms with Gasteiger partial charge in [-0.2, -0.15) is 0 Å². The molecular formula is C37H41ClN8O6S2. The van der Waals surface area contributed by atoms with Gasteiger partial charge in [-0.05, 0) is 94.5 Å². The van der Waals surface area contributed by atoms with Crippen LogP contribution in [0.25, 0.3) is 22.1 Å². The molecular weight excluding hydrogens is 752 g/mol. The van der Waals surface area contributed by atoms with Crippen molar-refractivity contribution in [3.63, 3.8) is 0 Å². The molecule has 0 saturated heterocycles. The number of halogens is 1. The first kappa shape index (κ1) is 42.8. The lowest BCUT2D eigenvalue weighted by molar-refractivity contribution is -0.112. The summed E-state index contributed by atoms with van der Waals surface area (Å²) in [5.74, 6) is -0.543. The van der Waals surface area contributed by atoms with Crippen LogP contribution in [-0.4, -0.2) is 47.9 Å². The number of nitrogens with zero attached hydrogens (tertiary/aromatic N) is 2. The van der Waals surface area contributed by atoms with Crippen LogP contribution in [0.15, 0.2) is 123 Å². The number of hydrogen-bond donors (Lipinski definition) is 6. The number of carbonyl (C=O) groups is 2. The molecule has 0 fully saturated rings. The first-order chi connectivity index (χ1) is 25.3. The van der Waals surface area contributed by atoms with E-state index in [1.807, 2.05) is 18.2 Å². The summed E-state index contributed by atoms with van der Waals surface area (Å²) in [6.45, 7) is 6.87. The van der Waals surface area contributed by atoms with Gasteiger partial charge in [-0.15, -0.1) is 0 Å². The Hall–Kier alpha value is -5.65. The van der Waals surface area contributed by atoms with Crippen LogP contribution in [0.2, 0.25) is 0 Å². The summed E-state index contributed by atoms with van der Waals surface area (Å²) < 4.78 is 54.2. The van der Waals surface area contributed by atoms with Crippen molar-refractivity contribution >= 4 is 76.2 Å². The van der Waals surface area contributed by atoms with Crippen molar-refractivity contribution in [1.29, 1.82) is 0 Å². The van der Waals surface area contributed by atoms with Gasteiger partial charge in [-0.25, -0.2) is 36.2 Å². The minimum atomic E-state index is -3.51. The van der Waals surface area contributed by atoms with Crippen LogP contribution in [-0.2, 0) is 54.2 Å². The van der Waals surface area contributed by atoms with Crippen molar-refractivity contribution in [2.75, 3.05) is 11.1 Å². The summed E-state index contributed by atoms with van der Waals surface area (Å²) in [6.07, 6.45) is 9.05. The average Bonchev–Trinajstić information content (AvgIpc) is 3.83. The van der Waals surface area contributed by atoms with Crippen LogP contribution in [0.5, 0.6) is 0 Å². The molecule has 4 heterocycles. The van der Waals surface area contributed by atoms with Crippen LogP contribution >= 0.6 is 11.6 Å². The van der Waals surface area contributed by atoms with Crippen LogP contribution in [0, 0.1) is 0 Å². The maximum absolute atomic E-state index is 12.3. The number of fused-ring (bicyclic) bond motifs is 2. The summed E-state index contributed by atoms with van der Waals surface area (Å²) in [4.78, 5) is 35.1. The second-order valence-corrected chi connectivity index (χ2v) is 15.2. The van der Waals surface area contributed by atoms with Crippen molar-refractivity contribution in [1.82, 2.24) is 29.4 Å². The maximum Gasteiger partial charge on any atom is 0.247 e. The van der Waals surface area contributed by atoms with E-state index in [1.54, 1.807) is 79.4 Å². The number of benzene rings is 2. The molecule has 14 nitrogen and oxygen atoms in total. The van der Waals surface area contributed by atoms with E-state index in [1.165, 1.54) is 6.08 Å². The number of aromatic amines is 2. The number of H-pyrrole nitrogens is 2. The van der Waals surface area contributed by atoms with Crippen molar-refractivity contribution in [2.24, 2.45) is 0 Å². The van der Waals surface area contributed by atoms with Crippen molar-refractivity contribution in [3.8, 4) is 0 Å². The first-order valence-corrected chi connectivity index (χ1v) is 19.4. The Labute approximate surface area is 319 Å². The normalized spacial score (nSPS) is 10.9. The van der Waals surface area contributed by atoms with Gasteiger partial charge >= 0.3 is 0 Å². The van der Waals surface area contributed by atoms with E-state index in [0.29, 0.717) is 22.5 Å². The second kappa shape index (κ2) is 20.0. The Balaban J connectivity index is 0.000000256. The van der Waals surface area contributed by atoms with E-state index in [0.717, 1.165) is 39.3 Å². The van der Waals surface area contributed by atoms with E-state index >= 15 is 0 Å². The Morgan fingerprint density at radius 2 is 1.13 bits per heavy atom. The largest absolute Gasteiger partial charge is 0.399 e. The van der Waals surface area contributed by atoms with Gasteiger partial charge in [0.05, 0.1) is 11.5 Å². The molecule has 6 rings (SSSR count). The Morgan fingerprint density at radius 3 is 1.54 bits per heavy atom. The standard InChI is InChI=1S/C18H18N4O3S.C15H16N4O2S.C3H3ClO.CH4/c1-2-17(23)22-15-5-3-13(4-6-15)12-26(24,25)21-11-14-7-9-19-18-16(14)8-10-20-18;16-13-3-1-11(2-4-13)10-22(20,21)19-9-12-5-7-17-15-14(12)6-8-18-15;1-2-3(4)5;/h2-10,21H,1,11-12H2,(H,19,20)(H,22,23);1-8,19H,9-10,16H2,(H,17,18);2H,1H2;1H4. The molecule has 0 aliphatic heterocycles. The zero-order valence-electron chi connectivity index (χ0n) is 28.3. The molecule has 284 valence electrons. The molecule has 17 heteroatoms. The van der Waals surface area contributed by atoms with Crippen molar-refractivity contribution in [2.45, 2.75) is 32.0 Å². The minimum absolute atomic E-state index is 0. The molecule has 0 spiro atoms. The molecule has 54 heavy (non-hydrogen) atoms. The van der Waals surface area contributed by atoms with Gasteiger partial charge in [0, 0.05) is 60.0 Å². The molecule has 0 saturated carbocycles. The predicted molar refractivity (Wildman–Crippen MR) is 215 cm³/mol. The van der Waals surface area contributed by atoms with Crippen LogP contribution in [0.3, 0.4) is 0 Å². The number of nitrogens with two attached hydrogens (primary N) is 1. The van der Waals surface area contributed by atoms with Gasteiger partial charge in [-0.1, -0.05) is 44.8 Å². The molecule has 0 bridgehead atoms. The van der Waals surface area contributed by atoms with Crippen LogP contribution < -0.4 is 20.5 Å². The van der Waals surface area contributed by atoms with Gasteiger partial charge in [0.15, 0.2) is 0 Å². The lowest BCUT2D eigenvalue weighted by atomic mass is 10.2. The molecule has 6 aromatic rings. The molecule has 0 unspecified atom stereocenters. The highest BCUT2D eigenvalue weighted by molar-refractivity contribution is 7.88. The smallest absolute Gasteiger partial charge is 0.247 e. The molecule has 7 N–H and O–H groups in total. The van der Waals surface area contributed by atoms with E-state index < -0.39 is 25.3 Å². The highest BCUT2D eigenvalue weighted by Crippen LogP contribution is 2.17. The lowest BCUT2D eigenvalue weighted by Crippen LogP contribution is -2.24. The number of pyridine rings is 2. The number of hydrogen-bond acceptors (Lipinski definition) is 9.